The number of aliphatic hydroxyl groups excluding tert-OH is 3. The van der Waals surface area contributed by atoms with E-state index in [4.69, 9.17) is 0 Å². The first kappa shape index (κ1) is 41.8. The molecule has 254 valence electrons. The summed E-state index contributed by atoms with van der Waals surface area (Å²) < 4.78 is 0. The Morgan fingerprint density at radius 3 is 1.47 bits per heavy atom. The molecule has 0 aromatic heterocycles. The van der Waals surface area contributed by atoms with Crippen molar-refractivity contribution in [2.75, 3.05) is 6.61 Å². The highest BCUT2D eigenvalue weighted by Crippen LogP contribution is 2.15. The molecule has 0 fully saturated rings. The van der Waals surface area contributed by atoms with Crippen LogP contribution in [-0.2, 0) is 4.79 Å². The molecule has 3 atom stereocenters. The maximum atomic E-state index is 12.4. The van der Waals surface area contributed by atoms with Gasteiger partial charge in [0.2, 0.25) is 5.91 Å². The molecule has 5 nitrogen and oxygen atoms in total. The summed E-state index contributed by atoms with van der Waals surface area (Å²) >= 11 is 0. The highest BCUT2D eigenvalue weighted by molar-refractivity contribution is 5.76. The lowest BCUT2D eigenvalue weighted by atomic mass is 10.0. The van der Waals surface area contributed by atoms with Gasteiger partial charge in [-0.3, -0.25) is 4.79 Å². The Bertz CT molecular complexity index is 635. The quantitative estimate of drug-likeness (QED) is 0.0441. The molecule has 0 bridgehead atoms. The molecule has 0 rings (SSSR count). The smallest absolute Gasteiger partial charge is 0.222 e. The van der Waals surface area contributed by atoms with Crippen molar-refractivity contribution in [1.29, 1.82) is 0 Å². The number of aliphatic hydroxyl groups is 3. The lowest BCUT2D eigenvalue weighted by Crippen LogP contribution is -2.46. The SMILES string of the molecule is CCCCC/C=C\C=C/CCCCCCCCCCC(O)CC(=O)NC(CO)C(O)CCCCCCCCCCCCC. The summed E-state index contributed by atoms with van der Waals surface area (Å²) in [6.07, 6.45) is 38.4. The average Bonchev–Trinajstić information content (AvgIpc) is 3.00. The predicted molar refractivity (Wildman–Crippen MR) is 185 cm³/mol. The highest BCUT2D eigenvalue weighted by atomic mass is 16.3. The Balaban J connectivity index is 3.68. The molecule has 5 heteroatoms. The number of hydrogen-bond donors (Lipinski definition) is 4. The first-order valence-corrected chi connectivity index (χ1v) is 18.6. The van der Waals surface area contributed by atoms with Crippen molar-refractivity contribution in [2.24, 2.45) is 0 Å². The van der Waals surface area contributed by atoms with Crippen molar-refractivity contribution in [1.82, 2.24) is 5.32 Å². The Hall–Kier alpha value is -1.17. The van der Waals surface area contributed by atoms with Crippen LogP contribution in [0.5, 0.6) is 0 Å². The summed E-state index contributed by atoms with van der Waals surface area (Å²) in [7, 11) is 0. The van der Waals surface area contributed by atoms with Gasteiger partial charge in [0.15, 0.2) is 0 Å². The van der Waals surface area contributed by atoms with Gasteiger partial charge in [0.25, 0.3) is 0 Å². The number of rotatable bonds is 33. The molecule has 0 aliphatic rings. The molecule has 0 aromatic rings. The van der Waals surface area contributed by atoms with Crippen LogP contribution in [0.3, 0.4) is 0 Å². The van der Waals surface area contributed by atoms with Crippen LogP contribution in [-0.4, -0.2) is 46.1 Å². The normalized spacial score (nSPS) is 14.1. The van der Waals surface area contributed by atoms with Crippen molar-refractivity contribution >= 4 is 5.91 Å². The van der Waals surface area contributed by atoms with E-state index in [9.17, 15) is 20.1 Å². The third-order valence-electron chi connectivity index (χ3n) is 8.55. The Morgan fingerprint density at radius 1 is 0.581 bits per heavy atom. The zero-order chi connectivity index (χ0) is 31.6. The fourth-order valence-electron chi connectivity index (χ4n) is 5.63. The minimum absolute atomic E-state index is 0.0325. The van der Waals surface area contributed by atoms with Crippen molar-refractivity contribution in [3.8, 4) is 0 Å². The van der Waals surface area contributed by atoms with Crippen molar-refractivity contribution in [3.05, 3.63) is 24.3 Å². The molecule has 3 unspecified atom stereocenters. The van der Waals surface area contributed by atoms with Gasteiger partial charge in [0.1, 0.15) is 0 Å². The molecule has 0 aromatic carbocycles. The standard InChI is InChI=1S/C38H73NO4/c1-3-5-7-9-11-13-15-16-17-18-19-20-22-23-25-27-29-31-35(41)33-38(43)39-36(34-40)37(42)32-30-28-26-24-21-14-12-10-8-6-4-2/h11,13,15-16,35-37,40-42H,3-10,12,14,17-34H2,1-2H3,(H,39,43)/b13-11-,16-15-. The highest BCUT2D eigenvalue weighted by Gasteiger charge is 2.21. The number of hydrogen-bond acceptors (Lipinski definition) is 4. The lowest BCUT2D eigenvalue weighted by Gasteiger charge is -2.23. The number of carbonyl (C=O) groups excluding carboxylic acids is 1. The predicted octanol–water partition coefficient (Wildman–Crippen LogP) is 9.87. The average molecular weight is 608 g/mol. The van der Waals surface area contributed by atoms with Gasteiger partial charge in [0, 0.05) is 0 Å². The number of allylic oxidation sites excluding steroid dienone is 4. The molecule has 0 radical (unpaired) electrons. The summed E-state index contributed by atoms with van der Waals surface area (Å²) in [5, 5.41) is 33.2. The summed E-state index contributed by atoms with van der Waals surface area (Å²) in [5.74, 6) is -0.289. The van der Waals surface area contributed by atoms with Gasteiger partial charge in [-0.1, -0.05) is 167 Å². The topological polar surface area (TPSA) is 89.8 Å². The van der Waals surface area contributed by atoms with Crippen LogP contribution < -0.4 is 5.32 Å². The Labute approximate surface area is 267 Å². The third-order valence-corrected chi connectivity index (χ3v) is 8.55. The van der Waals surface area contributed by atoms with Crippen LogP contribution in [0, 0.1) is 0 Å². The molecule has 0 saturated carbocycles. The van der Waals surface area contributed by atoms with E-state index in [2.05, 4.69) is 43.5 Å². The second-order valence-electron chi connectivity index (χ2n) is 12.9. The molecule has 0 saturated heterocycles. The minimum atomic E-state index is -0.747. The Morgan fingerprint density at radius 2 is 0.977 bits per heavy atom. The third kappa shape index (κ3) is 30.6. The van der Waals surface area contributed by atoms with Crippen molar-refractivity contribution < 1.29 is 20.1 Å². The second-order valence-corrected chi connectivity index (χ2v) is 12.9. The lowest BCUT2D eigenvalue weighted by molar-refractivity contribution is -0.125. The fourth-order valence-corrected chi connectivity index (χ4v) is 5.63. The molecule has 43 heavy (non-hydrogen) atoms. The first-order valence-electron chi connectivity index (χ1n) is 18.6. The van der Waals surface area contributed by atoms with E-state index in [0.717, 1.165) is 25.7 Å². The zero-order valence-corrected chi connectivity index (χ0v) is 28.6. The number of carbonyl (C=O) groups is 1. The summed E-state index contributed by atoms with van der Waals surface area (Å²) in [4.78, 5) is 12.4. The second kappa shape index (κ2) is 33.7. The van der Waals surface area contributed by atoms with Gasteiger partial charge < -0.3 is 20.6 Å². The fraction of sp³-hybridized carbons (Fsp3) is 0.868. The Kier molecular flexibility index (Phi) is 32.8. The van der Waals surface area contributed by atoms with Crippen LogP contribution >= 0.6 is 0 Å². The van der Waals surface area contributed by atoms with E-state index in [1.54, 1.807) is 0 Å². The largest absolute Gasteiger partial charge is 0.394 e. The monoisotopic (exact) mass is 608 g/mol. The van der Waals surface area contributed by atoms with E-state index in [-0.39, 0.29) is 18.9 Å². The summed E-state index contributed by atoms with van der Waals surface area (Å²) in [6.45, 7) is 4.21. The van der Waals surface area contributed by atoms with E-state index < -0.39 is 18.2 Å². The van der Waals surface area contributed by atoms with E-state index >= 15 is 0 Å². The number of nitrogens with one attached hydrogen (secondary N) is 1. The van der Waals surface area contributed by atoms with Gasteiger partial charge >= 0.3 is 0 Å². The van der Waals surface area contributed by atoms with Gasteiger partial charge in [-0.25, -0.2) is 0 Å². The van der Waals surface area contributed by atoms with E-state index in [0.29, 0.717) is 12.8 Å². The molecule has 0 aliphatic carbocycles. The van der Waals surface area contributed by atoms with Crippen molar-refractivity contribution in [2.45, 2.75) is 205 Å². The zero-order valence-electron chi connectivity index (χ0n) is 28.6. The molecule has 0 heterocycles. The first-order chi connectivity index (χ1) is 21.0. The van der Waals surface area contributed by atoms with Gasteiger partial charge in [-0.15, -0.1) is 0 Å². The maximum absolute atomic E-state index is 12.4. The molecule has 0 spiro atoms. The van der Waals surface area contributed by atoms with E-state index in [1.807, 2.05) is 0 Å². The summed E-state index contributed by atoms with van der Waals surface area (Å²) in [5.41, 5.74) is 0. The molecular formula is C38H73NO4. The van der Waals surface area contributed by atoms with Crippen LogP contribution in [0.2, 0.25) is 0 Å². The minimum Gasteiger partial charge on any atom is -0.394 e. The van der Waals surface area contributed by atoms with Gasteiger partial charge in [-0.05, 0) is 38.5 Å². The molecule has 1 amide bonds. The van der Waals surface area contributed by atoms with Crippen LogP contribution in [0.15, 0.2) is 24.3 Å². The molecular weight excluding hydrogens is 534 g/mol. The summed E-state index contributed by atoms with van der Waals surface area (Å²) in [6, 6.07) is -0.656. The van der Waals surface area contributed by atoms with Crippen LogP contribution in [0.25, 0.3) is 0 Å². The van der Waals surface area contributed by atoms with Crippen LogP contribution in [0.4, 0.5) is 0 Å². The molecule has 0 aliphatic heterocycles. The van der Waals surface area contributed by atoms with Crippen LogP contribution in [0.1, 0.15) is 187 Å². The van der Waals surface area contributed by atoms with Crippen molar-refractivity contribution in [3.63, 3.8) is 0 Å². The molecule has 4 N–H and O–H groups in total. The van der Waals surface area contributed by atoms with Gasteiger partial charge in [-0.2, -0.15) is 0 Å². The van der Waals surface area contributed by atoms with Gasteiger partial charge in [0.05, 0.1) is 31.3 Å². The van der Waals surface area contributed by atoms with E-state index in [1.165, 1.54) is 128 Å². The maximum Gasteiger partial charge on any atom is 0.222 e. The number of amides is 1. The number of unbranched alkanes of at least 4 members (excludes halogenated alkanes) is 21.